The number of hydrogen-bond donors (Lipinski definition) is 1. The SMILES string of the molecule is CCC(NC(=O)c1ccc(=O)n(C)n1)c1ccc(C)cc1. The van der Waals surface area contributed by atoms with E-state index in [-0.39, 0.29) is 23.2 Å². The third-order valence-electron chi connectivity index (χ3n) is 3.39. The van der Waals surface area contributed by atoms with E-state index in [0.717, 1.165) is 16.7 Å². The van der Waals surface area contributed by atoms with E-state index < -0.39 is 0 Å². The Kier molecular flexibility index (Phi) is 4.52. The molecular weight excluding hydrogens is 266 g/mol. The topological polar surface area (TPSA) is 64.0 Å². The van der Waals surface area contributed by atoms with Crippen molar-refractivity contribution in [1.82, 2.24) is 15.1 Å². The first-order valence-corrected chi connectivity index (χ1v) is 6.93. The number of rotatable bonds is 4. The van der Waals surface area contributed by atoms with Gasteiger partial charge in [0, 0.05) is 13.1 Å². The molecule has 0 saturated carbocycles. The Hall–Kier alpha value is -2.43. The predicted octanol–water partition coefficient (Wildman–Crippen LogP) is 1.97. The van der Waals surface area contributed by atoms with E-state index >= 15 is 0 Å². The first-order valence-electron chi connectivity index (χ1n) is 6.93. The minimum Gasteiger partial charge on any atom is -0.344 e. The Labute approximate surface area is 123 Å². The van der Waals surface area contributed by atoms with E-state index in [4.69, 9.17) is 0 Å². The summed E-state index contributed by atoms with van der Waals surface area (Å²) >= 11 is 0. The van der Waals surface area contributed by atoms with Gasteiger partial charge in [-0.25, -0.2) is 4.68 Å². The van der Waals surface area contributed by atoms with Crippen LogP contribution in [0.1, 0.15) is 41.0 Å². The average molecular weight is 285 g/mol. The Balaban J connectivity index is 2.17. The molecule has 1 heterocycles. The molecule has 0 spiro atoms. The molecule has 5 nitrogen and oxygen atoms in total. The number of carbonyl (C=O) groups is 1. The highest BCUT2D eigenvalue weighted by molar-refractivity contribution is 5.92. The number of amides is 1. The van der Waals surface area contributed by atoms with Crippen LogP contribution in [-0.2, 0) is 7.05 Å². The summed E-state index contributed by atoms with van der Waals surface area (Å²) in [4.78, 5) is 23.5. The second-order valence-corrected chi connectivity index (χ2v) is 5.03. The third-order valence-corrected chi connectivity index (χ3v) is 3.39. The van der Waals surface area contributed by atoms with Gasteiger partial charge in [0.05, 0.1) is 6.04 Å². The number of nitrogens with zero attached hydrogens (tertiary/aromatic N) is 2. The maximum atomic E-state index is 12.2. The molecule has 0 aliphatic heterocycles. The maximum Gasteiger partial charge on any atom is 0.272 e. The quantitative estimate of drug-likeness (QED) is 0.934. The second kappa shape index (κ2) is 6.35. The Morgan fingerprint density at radius 3 is 2.48 bits per heavy atom. The molecule has 1 atom stereocenters. The molecule has 1 unspecified atom stereocenters. The summed E-state index contributed by atoms with van der Waals surface area (Å²) in [6.45, 7) is 4.04. The van der Waals surface area contributed by atoms with Crippen molar-refractivity contribution in [2.24, 2.45) is 7.05 Å². The van der Waals surface area contributed by atoms with Crippen LogP contribution < -0.4 is 10.9 Å². The molecular formula is C16H19N3O2. The van der Waals surface area contributed by atoms with Crippen LogP contribution in [0.4, 0.5) is 0 Å². The maximum absolute atomic E-state index is 12.2. The molecule has 110 valence electrons. The molecule has 1 aromatic heterocycles. The summed E-state index contributed by atoms with van der Waals surface area (Å²) < 4.78 is 1.15. The fraction of sp³-hybridized carbons (Fsp3) is 0.312. The fourth-order valence-electron chi connectivity index (χ4n) is 2.08. The van der Waals surface area contributed by atoms with Gasteiger partial charge in [-0.2, -0.15) is 5.10 Å². The van der Waals surface area contributed by atoms with Crippen molar-refractivity contribution in [3.63, 3.8) is 0 Å². The Bertz CT molecular complexity index is 689. The first-order chi connectivity index (χ1) is 10.0. The molecule has 1 aromatic carbocycles. The minimum absolute atomic E-state index is 0.0721. The summed E-state index contributed by atoms with van der Waals surface area (Å²) in [6, 6.07) is 10.8. The van der Waals surface area contributed by atoms with Gasteiger partial charge in [0.25, 0.3) is 11.5 Å². The van der Waals surface area contributed by atoms with Crippen LogP contribution in [-0.4, -0.2) is 15.7 Å². The van der Waals surface area contributed by atoms with Crippen LogP contribution in [0.5, 0.6) is 0 Å². The van der Waals surface area contributed by atoms with Gasteiger partial charge in [0.2, 0.25) is 0 Å². The Morgan fingerprint density at radius 1 is 1.24 bits per heavy atom. The smallest absolute Gasteiger partial charge is 0.272 e. The molecule has 21 heavy (non-hydrogen) atoms. The van der Waals surface area contributed by atoms with Crippen LogP contribution in [0.15, 0.2) is 41.2 Å². The van der Waals surface area contributed by atoms with Gasteiger partial charge >= 0.3 is 0 Å². The number of nitrogens with one attached hydrogen (secondary N) is 1. The minimum atomic E-state index is -0.280. The van der Waals surface area contributed by atoms with E-state index in [1.165, 1.54) is 24.7 Å². The molecule has 2 aromatic rings. The highest BCUT2D eigenvalue weighted by atomic mass is 16.2. The van der Waals surface area contributed by atoms with Crippen molar-refractivity contribution in [1.29, 1.82) is 0 Å². The summed E-state index contributed by atoms with van der Waals surface area (Å²) in [6.07, 6.45) is 0.778. The fourth-order valence-corrected chi connectivity index (χ4v) is 2.08. The lowest BCUT2D eigenvalue weighted by atomic mass is 10.0. The van der Waals surface area contributed by atoms with E-state index in [0.29, 0.717) is 0 Å². The molecule has 0 aliphatic rings. The van der Waals surface area contributed by atoms with Gasteiger partial charge in [-0.1, -0.05) is 36.8 Å². The predicted molar refractivity (Wildman–Crippen MR) is 81.2 cm³/mol. The van der Waals surface area contributed by atoms with Gasteiger partial charge in [0.1, 0.15) is 5.69 Å². The van der Waals surface area contributed by atoms with Crippen molar-refractivity contribution in [2.45, 2.75) is 26.3 Å². The van der Waals surface area contributed by atoms with E-state index in [1.54, 1.807) is 0 Å². The van der Waals surface area contributed by atoms with Crippen LogP contribution in [0.2, 0.25) is 0 Å². The molecule has 5 heteroatoms. The van der Waals surface area contributed by atoms with E-state index in [9.17, 15) is 9.59 Å². The Morgan fingerprint density at radius 2 is 1.90 bits per heavy atom. The van der Waals surface area contributed by atoms with Crippen molar-refractivity contribution < 1.29 is 4.79 Å². The second-order valence-electron chi connectivity index (χ2n) is 5.03. The lowest BCUT2D eigenvalue weighted by Crippen LogP contribution is -2.31. The average Bonchev–Trinajstić information content (AvgIpc) is 2.48. The lowest BCUT2D eigenvalue weighted by Gasteiger charge is -2.17. The molecule has 0 radical (unpaired) electrons. The van der Waals surface area contributed by atoms with Crippen LogP contribution in [0, 0.1) is 6.92 Å². The monoisotopic (exact) mass is 285 g/mol. The molecule has 1 N–H and O–H groups in total. The molecule has 1 amide bonds. The third kappa shape index (κ3) is 3.56. The zero-order valence-electron chi connectivity index (χ0n) is 12.5. The summed E-state index contributed by atoms with van der Waals surface area (Å²) in [5.41, 5.74) is 2.24. The number of carbonyl (C=O) groups excluding carboxylic acids is 1. The van der Waals surface area contributed by atoms with Crippen molar-refractivity contribution in [2.75, 3.05) is 0 Å². The number of aromatic nitrogens is 2. The van der Waals surface area contributed by atoms with Crippen LogP contribution in [0.25, 0.3) is 0 Å². The van der Waals surface area contributed by atoms with Gasteiger partial charge < -0.3 is 5.32 Å². The first kappa shape index (κ1) is 15.0. The van der Waals surface area contributed by atoms with E-state index in [1.807, 2.05) is 38.1 Å². The highest BCUT2D eigenvalue weighted by Gasteiger charge is 2.15. The number of benzene rings is 1. The zero-order valence-corrected chi connectivity index (χ0v) is 12.5. The van der Waals surface area contributed by atoms with Gasteiger partial charge in [0.15, 0.2) is 0 Å². The van der Waals surface area contributed by atoms with Crippen LogP contribution in [0.3, 0.4) is 0 Å². The normalized spacial score (nSPS) is 12.0. The van der Waals surface area contributed by atoms with Gasteiger partial charge in [-0.3, -0.25) is 9.59 Å². The molecule has 0 aliphatic carbocycles. The lowest BCUT2D eigenvalue weighted by molar-refractivity contribution is 0.0928. The zero-order chi connectivity index (χ0) is 15.4. The largest absolute Gasteiger partial charge is 0.344 e. The molecule has 0 saturated heterocycles. The van der Waals surface area contributed by atoms with Gasteiger partial charge in [-0.05, 0) is 25.0 Å². The van der Waals surface area contributed by atoms with Crippen LogP contribution >= 0.6 is 0 Å². The molecule has 0 bridgehead atoms. The number of aryl methyl sites for hydroxylation is 2. The van der Waals surface area contributed by atoms with Crippen molar-refractivity contribution >= 4 is 5.91 Å². The van der Waals surface area contributed by atoms with Gasteiger partial charge in [-0.15, -0.1) is 0 Å². The number of hydrogen-bond acceptors (Lipinski definition) is 3. The van der Waals surface area contributed by atoms with E-state index in [2.05, 4.69) is 10.4 Å². The van der Waals surface area contributed by atoms with Crippen molar-refractivity contribution in [3.05, 3.63) is 63.6 Å². The summed E-state index contributed by atoms with van der Waals surface area (Å²) in [5.74, 6) is -0.280. The highest BCUT2D eigenvalue weighted by Crippen LogP contribution is 2.17. The summed E-state index contributed by atoms with van der Waals surface area (Å²) in [5, 5.41) is 6.91. The standard InChI is InChI=1S/C16H19N3O2/c1-4-13(12-7-5-11(2)6-8-12)17-16(21)14-9-10-15(20)19(3)18-14/h5-10,13H,4H2,1-3H3,(H,17,21). The van der Waals surface area contributed by atoms with Crippen molar-refractivity contribution in [3.8, 4) is 0 Å². The summed E-state index contributed by atoms with van der Waals surface area (Å²) in [7, 11) is 1.52. The molecule has 2 rings (SSSR count). The molecule has 0 fully saturated rings.